The normalized spacial score (nSPS) is 15.9. The number of hydrogen-bond acceptors (Lipinski definition) is 6. The van der Waals surface area contributed by atoms with E-state index in [1.165, 1.54) is 23.5 Å². The summed E-state index contributed by atoms with van der Waals surface area (Å²) in [5, 5.41) is 3.03. The Morgan fingerprint density at radius 2 is 1.81 bits per heavy atom. The fourth-order valence-corrected chi connectivity index (χ4v) is 5.72. The lowest BCUT2D eigenvalue weighted by Gasteiger charge is -2.35. The molecule has 3 aromatic carbocycles. The lowest BCUT2D eigenvalue weighted by molar-refractivity contribution is -0.128. The Morgan fingerprint density at radius 1 is 1.08 bits per heavy atom. The third-order valence-corrected chi connectivity index (χ3v) is 8.01. The first kappa shape index (κ1) is 25.4. The highest BCUT2D eigenvalue weighted by molar-refractivity contribution is 7.92. The minimum atomic E-state index is -3.96. The van der Waals surface area contributed by atoms with Gasteiger partial charge in [0.05, 0.1) is 37.4 Å². The summed E-state index contributed by atoms with van der Waals surface area (Å²) in [7, 11) is -0.831. The maximum atomic E-state index is 13.6. The molecule has 0 aromatic heterocycles. The van der Waals surface area contributed by atoms with Gasteiger partial charge in [0.1, 0.15) is 17.2 Å². The van der Waals surface area contributed by atoms with E-state index in [2.05, 4.69) is 5.32 Å². The predicted octanol–water partition coefficient (Wildman–Crippen LogP) is 4.24. The molecule has 1 amide bonds. The van der Waals surface area contributed by atoms with E-state index in [0.717, 1.165) is 16.9 Å². The molecule has 0 fully saturated rings. The first-order chi connectivity index (χ1) is 17.3. The minimum Gasteiger partial charge on any atom is -0.497 e. The highest BCUT2D eigenvalue weighted by Gasteiger charge is 2.38. The van der Waals surface area contributed by atoms with E-state index in [4.69, 9.17) is 14.2 Å². The van der Waals surface area contributed by atoms with Gasteiger partial charge in [0, 0.05) is 0 Å². The van der Waals surface area contributed by atoms with Gasteiger partial charge in [-0.3, -0.25) is 9.10 Å². The van der Waals surface area contributed by atoms with Crippen LogP contribution in [0.25, 0.3) is 0 Å². The zero-order valence-electron chi connectivity index (χ0n) is 20.7. The summed E-state index contributed by atoms with van der Waals surface area (Å²) < 4.78 is 44.9. The van der Waals surface area contributed by atoms with E-state index in [1.54, 1.807) is 43.5 Å². The average molecular weight is 511 g/mol. The van der Waals surface area contributed by atoms with E-state index in [9.17, 15) is 13.2 Å². The number of para-hydroxylation sites is 2. The minimum absolute atomic E-state index is 0.0966. The summed E-state index contributed by atoms with van der Waals surface area (Å²) in [6, 6.07) is 18.5. The van der Waals surface area contributed by atoms with Gasteiger partial charge in [-0.1, -0.05) is 31.2 Å². The van der Waals surface area contributed by atoms with Gasteiger partial charge in [-0.2, -0.15) is 0 Å². The maximum absolute atomic E-state index is 13.6. The van der Waals surface area contributed by atoms with Crippen molar-refractivity contribution in [2.75, 3.05) is 25.1 Å². The Labute approximate surface area is 211 Å². The van der Waals surface area contributed by atoms with Gasteiger partial charge in [-0.05, 0) is 66.9 Å². The van der Waals surface area contributed by atoms with Gasteiger partial charge >= 0.3 is 0 Å². The summed E-state index contributed by atoms with van der Waals surface area (Å²) in [4.78, 5) is 13.4. The molecule has 0 saturated heterocycles. The van der Waals surface area contributed by atoms with Crippen LogP contribution in [0.15, 0.2) is 71.6 Å². The summed E-state index contributed by atoms with van der Waals surface area (Å²) in [6.07, 6.45) is -0.379. The van der Waals surface area contributed by atoms with Crippen molar-refractivity contribution in [3.63, 3.8) is 0 Å². The van der Waals surface area contributed by atoms with Crippen molar-refractivity contribution in [2.24, 2.45) is 0 Å². The third-order valence-electron chi connectivity index (χ3n) is 6.22. The molecule has 4 rings (SSSR count). The summed E-state index contributed by atoms with van der Waals surface area (Å²) in [5.74, 6) is 1.26. The molecule has 3 aromatic rings. The van der Waals surface area contributed by atoms with Crippen molar-refractivity contribution in [3.05, 3.63) is 77.9 Å². The zero-order chi connectivity index (χ0) is 25.9. The zero-order valence-corrected chi connectivity index (χ0v) is 21.5. The molecule has 0 bridgehead atoms. The molecule has 0 saturated carbocycles. The van der Waals surface area contributed by atoms with Gasteiger partial charge in [-0.25, -0.2) is 8.42 Å². The van der Waals surface area contributed by atoms with Crippen LogP contribution < -0.4 is 23.8 Å². The number of carbonyl (C=O) groups excluding carboxylic acids is 1. The van der Waals surface area contributed by atoms with E-state index in [0.29, 0.717) is 23.6 Å². The molecule has 1 aliphatic rings. The Balaban J connectivity index is 1.61. The quantitative estimate of drug-likeness (QED) is 0.487. The van der Waals surface area contributed by atoms with Crippen LogP contribution in [-0.4, -0.2) is 41.2 Å². The standard InChI is InChI=1S/C27H30N2O6S/c1-5-22(19-10-15-24(34-4)18(2)16-19)28-27(30)26-17-29(23-8-6-7-9-25(23)35-26)36(31,32)21-13-11-20(33-3)12-14-21/h6-16,22,26H,5,17H2,1-4H3,(H,28,30). The van der Waals surface area contributed by atoms with Gasteiger partial charge in [0.25, 0.3) is 15.9 Å². The van der Waals surface area contributed by atoms with E-state index in [1.807, 2.05) is 32.0 Å². The summed E-state index contributed by atoms with van der Waals surface area (Å²) in [5.41, 5.74) is 2.28. The number of sulfonamides is 1. The van der Waals surface area contributed by atoms with Crippen LogP contribution in [0.2, 0.25) is 0 Å². The molecule has 2 atom stereocenters. The number of aryl methyl sites for hydroxylation is 1. The lowest BCUT2D eigenvalue weighted by Crippen LogP contribution is -2.51. The monoisotopic (exact) mass is 510 g/mol. The molecular formula is C27H30N2O6S. The molecule has 0 radical (unpaired) electrons. The number of nitrogens with zero attached hydrogens (tertiary/aromatic N) is 1. The highest BCUT2D eigenvalue weighted by atomic mass is 32.2. The number of amides is 1. The fourth-order valence-electron chi connectivity index (χ4n) is 4.25. The molecular weight excluding hydrogens is 480 g/mol. The van der Waals surface area contributed by atoms with E-state index in [-0.39, 0.29) is 23.4 Å². The topological polar surface area (TPSA) is 94.2 Å². The average Bonchev–Trinajstić information content (AvgIpc) is 2.90. The first-order valence-electron chi connectivity index (χ1n) is 11.7. The van der Waals surface area contributed by atoms with Crippen molar-refractivity contribution in [1.29, 1.82) is 0 Å². The van der Waals surface area contributed by atoms with Gasteiger partial charge in [-0.15, -0.1) is 0 Å². The molecule has 8 nitrogen and oxygen atoms in total. The smallest absolute Gasteiger partial charge is 0.264 e. The number of anilines is 1. The maximum Gasteiger partial charge on any atom is 0.264 e. The lowest BCUT2D eigenvalue weighted by atomic mass is 10.0. The van der Waals surface area contributed by atoms with Gasteiger partial charge in [0.2, 0.25) is 0 Å². The summed E-state index contributed by atoms with van der Waals surface area (Å²) >= 11 is 0. The van der Waals surface area contributed by atoms with Crippen LogP contribution in [0.4, 0.5) is 5.69 Å². The van der Waals surface area contributed by atoms with Crippen LogP contribution in [0.3, 0.4) is 0 Å². The number of benzene rings is 3. The number of nitrogens with one attached hydrogen (secondary N) is 1. The van der Waals surface area contributed by atoms with Gasteiger partial charge in [0.15, 0.2) is 6.10 Å². The van der Waals surface area contributed by atoms with Crippen molar-refractivity contribution < 1.29 is 27.4 Å². The third kappa shape index (κ3) is 4.97. The fraction of sp³-hybridized carbons (Fsp3) is 0.296. The molecule has 0 spiro atoms. The van der Waals surface area contributed by atoms with Crippen LogP contribution in [0, 0.1) is 6.92 Å². The molecule has 0 aliphatic carbocycles. The number of methoxy groups -OCH3 is 2. The van der Waals surface area contributed by atoms with Crippen molar-refractivity contribution in [2.45, 2.75) is 37.3 Å². The van der Waals surface area contributed by atoms with Crippen molar-refractivity contribution in [1.82, 2.24) is 5.32 Å². The van der Waals surface area contributed by atoms with Crippen molar-refractivity contribution in [3.8, 4) is 17.2 Å². The number of rotatable bonds is 8. The molecule has 2 unspecified atom stereocenters. The second-order valence-electron chi connectivity index (χ2n) is 8.48. The van der Waals surface area contributed by atoms with Crippen LogP contribution in [0.5, 0.6) is 17.2 Å². The Kier molecular flexibility index (Phi) is 7.40. The first-order valence-corrected chi connectivity index (χ1v) is 13.1. The van der Waals surface area contributed by atoms with Crippen LogP contribution >= 0.6 is 0 Å². The number of ether oxygens (including phenoxy) is 3. The predicted molar refractivity (Wildman–Crippen MR) is 137 cm³/mol. The highest BCUT2D eigenvalue weighted by Crippen LogP contribution is 2.37. The van der Waals surface area contributed by atoms with Crippen LogP contribution in [0.1, 0.15) is 30.5 Å². The Bertz CT molecular complexity index is 1340. The Morgan fingerprint density at radius 3 is 2.44 bits per heavy atom. The van der Waals surface area contributed by atoms with E-state index >= 15 is 0 Å². The molecule has 1 N–H and O–H groups in total. The van der Waals surface area contributed by atoms with E-state index < -0.39 is 16.1 Å². The van der Waals surface area contributed by atoms with Crippen molar-refractivity contribution >= 4 is 21.6 Å². The number of hydrogen-bond donors (Lipinski definition) is 1. The second kappa shape index (κ2) is 10.5. The Hall–Kier alpha value is -3.72. The van der Waals surface area contributed by atoms with Gasteiger partial charge < -0.3 is 19.5 Å². The summed E-state index contributed by atoms with van der Waals surface area (Å²) in [6.45, 7) is 3.76. The number of fused-ring (bicyclic) bond motifs is 1. The molecule has 9 heteroatoms. The molecule has 1 aliphatic heterocycles. The van der Waals surface area contributed by atoms with Crippen LogP contribution in [-0.2, 0) is 14.8 Å². The molecule has 1 heterocycles. The molecule has 36 heavy (non-hydrogen) atoms. The SMILES string of the molecule is CCC(NC(=O)C1CN(S(=O)(=O)c2ccc(OC)cc2)c2ccccc2O1)c1ccc(OC)c(C)c1. The number of carbonyl (C=O) groups is 1. The second-order valence-corrected chi connectivity index (χ2v) is 10.3. The largest absolute Gasteiger partial charge is 0.497 e. The molecule has 190 valence electrons.